The highest BCUT2D eigenvalue weighted by Gasteiger charge is 2.42. The van der Waals surface area contributed by atoms with Crippen molar-refractivity contribution in [3.63, 3.8) is 0 Å². The molecule has 4 heteroatoms. The molecular weight excluding hydrogens is 216 g/mol. The summed E-state index contributed by atoms with van der Waals surface area (Å²) in [7, 11) is 0. The van der Waals surface area contributed by atoms with Crippen molar-refractivity contribution in [1.82, 2.24) is 10.3 Å². The fourth-order valence-electron chi connectivity index (χ4n) is 1.30. The van der Waals surface area contributed by atoms with E-state index < -0.39 is 16.9 Å². The SMILES string of the molecule is CC(C)(NCc1ccccn1)C(C)(C)C(=O)O. The van der Waals surface area contributed by atoms with Crippen molar-refractivity contribution in [1.29, 1.82) is 0 Å². The maximum atomic E-state index is 11.2. The monoisotopic (exact) mass is 236 g/mol. The molecule has 0 aliphatic carbocycles. The van der Waals surface area contributed by atoms with E-state index >= 15 is 0 Å². The lowest BCUT2D eigenvalue weighted by molar-refractivity contribution is -0.151. The molecule has 0 unspecified atom stereocenters. The normalized spacial score (nSPS) is 12.5. The molecule has 0 aliphatic rings. The van der Waals surface area contributed by atoms with E-state index in [1.165, 1.54) is 0 Å². The van der Waals surface area contributed by atoms with Gasteiger partial charge in [-0.2, -0.15) is 0 Å². The second-order valence-corrected chi connectivity index (χ2v) is 5.23. The Morgan fingerprint density at radius 2 is 2.00 bits per heavy atom. The number of hydrogen-bond donors (Lipinski definition) is 2. The van der Waals surface area contributed by atoms with Crippen LogP contribution in [-0.2, 0) is 11.3 Å². The summed E-state index contributed by atoms with van der Waals surface area (Å²) in [4.78, 5) is 15.4. The molecule has 1 aromatic heterocycles. The minimum absolute atomic E-state index is 0.518. The van der Waals surface area contributed by atoms with Crippen LogP contribution in [0.25, 0.3) is 0 Å². The van der Waals surface area contributed by atoms with Gasteiger partial charge < -0.3 is 10.4 Å². The summed E-state index contributed by atoms with van der Waals surface area (Å²) in [5.74, 6) is -0.809. The molecule has 17 heavy (non-hydrogen) atoms. The first-order valence-corrected chi connectivity index (χ1v) is 5.66. The summed E-state index contributed by atoms with van der Waals surface area (Å²) in [5, 5.41) is 12.5. The van der Waals surface area contributed by atoms with Crippen molar-refractivity contribution in [2.45, 2.75) is 39.8 Å². The van der Waals surface area contributed by atoms with E-state index in [9.17, 15) is 9.90 Å². The molecule has 0 saturated carbocycles. The predicted octanol–water partition coefficient (Wildman–Crippen LogP) is 2.06. The second kappa shape index (κ2) is 4.84. The van der Waals surface area contributed by atoms with Crippen LogP contribution < -0.4 is 5.32 Å². The van der Waals surface area contributed by atoms with E-state index in [1.54, 1.807) is 20.0 Å². The zero-order valence-corrected chi connectivity index (χ0v) is 10.8. The first-order valence-electron chi connectivity index (χ1n) is 5.66. The number of nitrogens with one attached hydrogen (secondary N) is 1. The molecule has 94 valence electrons. The third kappa shape index (κ3) is 3.03. The van der Waals surface area contributed by atoms with Gasteiger partial charge in [0.05, 0.1) is 11.1 Å². The Hall–Kier alpha value is -1.42. The highest BCUT2D eigenvalue weighted by atomic mass is 16.4. The van der Waals surface area contributed by atoms with Gasteiger partial charge in [-0.25, -0.2) is 0 Å². The van der Waals surface area contributed by atoms with Crippen LogP contribution in [0.15, 0.2) is 24.4 Å². The van der Waals surface area contributed by atoms with Gasteiger partial charge in [-0.1, -0.05) is 6.07 Å². The zero-order chi connectivity index (χ0) is 13.1. The van der Waals surface area contributed by atoms with Gasteiger partial charge in [0.15, 0.2) is 0 Å². The molecule has 0 atom stereocenters. The average Bonchev–Trinajstić information content (AvgIpc) is 2.27. The molecular formula is C13H20N2O2. The number of carboxylic acids is 1. The van der Waals surface area contributed by atoms with Gasteiger partial charge in [-0.05, 0) is 39.8 Å². The Kier molecular flexibility index (Phi) is 3.88. The number of hydrogen-bond acceptors (Lipinski definition) is 3. The van der Waals surface area contributed by atoms with Crippen molar-refractivity contribution < 1.29 is 9.90 Å². The van der Waals surface area contributed by atoms with Crippen LogP contribution in [-0.4, -0.2) is 21.6 Å². The van der Waals surface area contributed by atoms with E-state index in [4.69, 9.17) is 0 Å². The number of nitrogens with zero attached hydrogens (tertiary/aromatic N) is 1. The number of pyridine rings is 1. The molecule has 0 bridgehead atoms. The molecule has 0 amide bonds. The molecule has 0 aromatic carbocycles. The van der Waals surface area contributed by atoms with Crippen molar-refractivity contribution >= 4 is 5.97 Å². The van der Waals surface area contributed by atoms with Crippen LogP contribution >= 0.6 is 0 Å². The quantitative estimate of drug-likeness (QED) is 0.821. The van der Waals surface area contributed by atoms with Gasteiger partial charge in [-0.3, -0.25) is 9.78 Å². The smallest absolute Gasteiger partial charge is 0.310 e. The molecule has 0 spiro atoms. The highest BCUT2D eigenvalue weighted by molar-refractivity contribution is 5.75. The molecule has 0 saturated heterocycles. The molecule has 2 N–H and O–H groups in total. The standard InChI is InChI=1S/C13H20N2O2/c1-12(2,11(16)17)13(3,4)15-9-10-7-5-6-8-14-10/h5-8,15H,9H2,1-4H3,(H,16,17). The van der Waals surface area contributed by atoms with Gasteiger partial charge in [0, 0.05) is 18.3 Å². The third-order valence-corrected chi connectivity index (χ3v) is 3.53. The summed E-state index contributed by atoms with van der Waals surface area (Å²) in [6.45, 7) is 7.79. The molecule has 1 aromatic rings. The molecule has 0 radical (unpaired) electrons. The summed E-state index contributed by atoms with van der Waals surface area (Å²) < 4.78 is 0. The minimum atomic E-state index is -0.845. The van der Waals surface area contributed by atoms with Gasteiger partial charge >= 0.3 is 5.97 Å². The summed E-state index contributed by atoms with van der Waals surface area (Å²) in [6, 6.07) is 5.69. The predicted molar refractivity (Wildman–Crippen MR) is 66.6 cm³/mol. The average molecular weight is 236 g/mol. The number of aromatic nitrogens is 1. The van der Waals surface area contributed by atoms with Crippen LogP contribution in [0, 0.1) is 5.41 Å². The number of rotatable bonds is 5. The van der Waals surface area contributed by atoms with Gasteiger partial charge in [0.1, 0.15) is 0 Å². The van der Waals surface area contributed by atoms with Crippen LogP contribution in [0.2, 0.25) is 0 Å². The summed E-state index contributed by atoms with van der Waals surface area (Å²) in [6.07, 6.45) is 1.73. The molecule has 1 rings (SSSR count). The largest absolute Gasteiger partial charge is 0.481 e. The topological polar surface area (TPSA) is 62.2 Å². The number of aliphatic carboxylic acids is 1. The fourth-order valence-corrected chi connectivity index (χ4v) is 1.30. The first kappa shape index (κ1) is 13.6. The maximum absolute atomic E-state index is 11.2. The zero-order valence-electron chi connectivity index (χ0n) is 10.8. The van der Waals surface area contributed by atoms with E-state index in [-0.39, 0.29) is 0 Å². The second-order valence-electron chi connectivity index (χ2n) is 5.23. The molecule has 1 heterocycles. The highest BCUT2D eigenvalue weighted by Crippen LogP contribution is 2.30. The Labute approximate surface area is 102 Å². The summed E-state index contributed by atoms with van der Waals surface area (Å²) >= 11 is 0. The minimum Gasteiger partial charge on any atom is -0.481 e. The summed E-state index contributed by atoms with van der Waals surface area (Å²) in [5.41, 5.74) is -0.459. The lowest BCUT2D eigenvalue weighted by Gasteiger charge is -2.39. The Balaban J connectivity index is 2.71. The lowest BCUT2D eigenvalue weighted by Crippen LogP contribution is -2.54. The van der Waals surface area contributed by atoms with Crippen molar-refractivity contribution in [2.24, 2.45) is 5.41 Å². The molecule has 4 nitrogen and oxygen atoms in total. The van der Waals surface area contributed by atoms with Crippen molar-refractivity contribution in [2.75, 3.05) is 0 Å². The van der Waals surface area contributed by atoms with E-state index in [2.05, 4.69) is 10.3 Å². The Morgan fingerprint density at radius 1 is 1.35 bits per heavy atom. The van der Waals surface area contributed by atoms with Crippen LogP contribution in [0.5, 0.6) is 0 Å². The first-order chi connectivity index (χ1) is 7.77. The number of carbonyl (C=O) groups is 1. The van der Waals surface area contributed by atoms with Crippen LogP contribution in [0.4, 0.5) is 0 Å². The number of carboxylic acid groups (broad SMARTS) is 1. The van der Waals surface area contributed by atoms with E-state index in [1.807, 2.05) is 32.0 Å². The maximum Gasteiger partial charge on any atom is 0.310 e. The van der Waals surface area contributed by atoms with E-state index in [0.29, 0.717) is 6.54 Å². The van der Waals surface area contributed by atoms with Gasteiger partial charge in [-0.15, -0.1) is 0 Å². The van der Waals surface area contributed by atoms with Crippen LogP contribution in [0.1, 0.15) is 33.4 Å². The van der Waals surface area contributed by atoms with Crippen molar-refractivity contribution in [3.05, 3.63) is 30.1 Å². The Bertz CT molecular complexity index is 386. The molecule has 0 fully saturated rings. The van der Waals surface area contributed by atoms with Crippen molar-refractivity contribution in [3.8, 4) is 0 Å². The van der Waals surface area contributed by atoms with E-state index in [0.717, 1.165) is 5.69 Å². The Morgan fingerprint density at radius 3 is 2.47 bits per heavy atom. The van der Waals surface area contributed by atoms with Crippen LogP contribution in [0.3, 0.4) is 0 Å². The lowest BCUT2D eigenvalue weighted by atomic mass is 9.74. The fraction of sp³-hybridized carbons (Fsp3) is 0.538. The van der Waals surface area contributed by atoms with Gasteiger partial charge in [0.2, 0.25) is 0 Å². The molecule has 0 aliphatic heterocycles. The third-order valence-electron chi connectivity index (χ3n) is 3.53. The van der Waals surface area contributed by atoms with Gasteiger partial charge in [0.25, 0.3) is 0 Å².